The molecule has 0 radical (unpaired) electrons. The summed E-state index contributed by atoms with van der Waals surface area (Å²) in [6, 6.07) is 0. The first-order valence-electron chi connectivity index (χ1n) is 24.0. The van der Waals surface area contributed by atoms with E-state index in [1.165, 1.54) is 199 Å². The van der Waals surface area contributed by atoms with Gasteiger partial charge in [0.1, 0.15) is 6.10 Å². The highest BCUT2D eigenvalue weighted by atomic mass is 31.2. The van der Waals surface area contributed by atoms with E-state index in [1.807, 2.05) is 0 Å². The summed E-state index contributed by atoms with van der Waals surface area (Å²) in [5.41, 5.74) is 5.38. The lowest BCUT2D eigenvalue weighted by Gasteiger charge is -2.20. The van der Waals surface area contributed by atoms with Gasteiger partial charge in [-0.05, 0) is 12.8 Å². The van der Waals surface area contributed by atoms with Gasteiger partial charge in [0.15, 0.2) is 0 Å². The van der Waals surface area contributed by atoms with E-state index in [-0.39, 0.29) is 32.3 Å². The van der Waals surface area contributed by atoms with E-state index in [0.717, 1.165) is 32.1 Å². The number of carbonyl (C=O) groups excluding carboxylic acids is 1. The minimum absolute atomic E-state index is 0.0900. The van der Waals surface area contributed by atoms with Crippen molar-refractivity contribution >= 4 is 13.8 Å². The van der Waals surface area contributed by atoms with Gasteiger partial charge in [-0.25, -0.2) is 4.57 Å². The number of rotatable bonds is 47. The topological polar surface area (TPSA) is 117 Å². The first-order valence-corrected chi connectivity index (χ1v) is 25.5. The molecule has 0 bridgehead atoms. The Bertz CT molecular complexity index is 817. The molecule has 55 heavy (non-hydrogen) atoms. The maximum Gasteiger partial charge on any atom is 0.472 e. The quantitative estimate of drug-likeness (QED) is 0.0355. The van der Waals surface area contributed by atoms with Crippen LogP contribution in [0.5, 0.6) is 0 Å². The van der Waals surface area contributed by atoms with Gasteiger partial charge in [-0.3, -0.25) is 13.8 Å². The van der Waals surface area contributed by atoms with Crippen LogP contribution in [0.15, 0.2) is 0 Å². The number of hydrogen-bond donors (Lipinski definition) is 2. The Labute approximate surface area is 341 Å². The van der Waals surface area contributed by atoms with Crippen molar-refractivity contribution in [2.75, 3.05) is 33.0 Å². The molecule has 8 nitrogen and oxygen atoms in total. The summed E-state index contributed by atoms with van der Waals surface area (Å²) < 4.78 is 33.5. The van der Waals surface area contributed by atoms with Gasteiger partial charge in [0.2, 0.25) is 0 Å². The molecule has 0 aromatic rings. The number of carbonyl (C=O) groups is 1. The summed E-state index contributed by atoms with van der Waals surface area (Å²) in [4.78, 5) is 22.5. The van der Waals surface area contributed by atoms with E-state index in [9.17, 15) is 14.3 Å². The summed E-state index contributed by atoms with van der Waals surface area (Å²) in [6.07, 6.45) is 47.0. The molecule has 9 heteroatoms. The third-order valence-corrected chi connectivity index (χ3v) is 11.8. The minimum atomic E-state index is -4.27. The second-order valence-electron chi connectivity index (χ2n) is 16.3. The lowest BCUT2D eigenvalue weighted by molar-refractivity contribution is -0.154. The largest absolute Gasteiger partial charge is 0.472 e. The van der Waals surface area contributed by atoms with E-state index >= 15 is 0 Å². The maximum atomic E-state index is 12.6. The van der Waals surface area contributed by atoms with Crippen molar-refractivity contribution in [1.29, 1.82) is 0 Å². The Morgan fingerprint density at radius 2 is 0.800 bits per heavy atom. The molecule has 0 saturated carbocycles. The first-order chi connectivity index (χ1) is 26.9. The van der Waals surface area contributed by atoms with E-state index in [0.29, 0.717) is 13.0 Å². The monoisotopic (exact) mass is 804 g/mol. The highest BCUT2D eigenvalue weighted by molar-refractivity contribution is 7.47. The molecule has 0 aromatic heterocycles. The van der Waals surface area contributed by atoms with Gasteiger partial charge in [-0.15, -0.1) is 0 Å². The Balaban J connectivity index is 3.86. The highest BCUT2D eigenvalue weighted by Gasteiger charge is 2.25. The van der Waals surface area contributed by atoms with Crippen molar-refractivity contribution in [2.24, 2.45) is 5.73 Å². The van der Waals surface area contributed by atoms with Crippen molar-refractivity contribution < 1.29 is 32.8 Å². The summed E-state index contributed by atoms with van der Waals surface area (Å²) in [5.74, 6) is -0.322. The van der Waals surface area contributed by atoms with Gasteiger partial charge in [0.05, 0.1) is 19.8 Å². The average molecular weight is 804 g/mol. The van der Waals surface area contributed by atoms with Crippen molar-refractivity contribution in [3.8, 4) is 0 Å². The van der Waals surface area contributed by atoms with Crippen LogP contribution in [0, 0.1) is 0 Å². The van der Waals surface area contributed by atoms with Crippen molar-refractivity contribution in [2.45, 2.75) is 258 Å². The van der Waals surface area contributed by atoms with Crippen LogP contribution in [0.25, 0.3) is 0 Å². The second kappa shape index (κ2) is 44.6. The predicted molar refractivity (Wildman–Crippen MR) is 234 cm³/mol. The average Bonchev–Trinajstić information content (AvgIpc) is 3.17. The highest BCUT2D eigenvalue weighted by Crippen LogP contribution is 2.43. The number of phosphoric acid groups is 1. The predicted octanol–water partition coefficient (Wildman–Crippen LogP) is 14.5. The number of nitrogens with two attached hydrogens (primary N) is 1. The molecule has 0 aliphatic heterocycles. The first kappa shape index (κ1) is 54.5. The molecule has 0 aliphatic rings. The van der Waals surface area contributed by atoms with E-state index in [1.54, 1.807) is 0 Å². The Morgan fingerprint density at radius 1 is 0.473 bits per heavy atom. The lowest BCUT2D eigenvalue weighted by Crippen LogP contribution is -2.28. The van der Waals surface area contributed by atoms with Gasteiger partial charge >= 0.3 is 13.8 Å². The van der Waals surface area contributed by atoms with E-state index < -0.39 is 13.9 Å². The third-order valence-electron chi connectivity index (χ3n) is 10.8. The number of esters is 1. The molecule has 0 rings (SSSR count). The Kier molecular flexibility index (Phi) is 44.2. The van der Waals surface area contributed by atoms with Crippen molar-refractivity contribution in [1.82, 2.24) is 0 Å². The van der Waals surface area contributed by atoms with Crippen LogP contribution in [0.3, 0.4) is 0 Å². The number of phosphoric ester groups is 1. The van der Waals surface area contributed by atoms with Crippen molar-refractivity contribution in [3.05, 3.63) is 0 Å². The van der Waals surface area contributed by atoms with Crippen LogP contribution in [-0.2, 0) is 27.9 Å². The standard InChI is InChI=1S/C46H94NO7P/c1-3-5-7-9-11-13-15-17-18-19-20-21-22-23-24-25-26-27-29-31-33-35-37-39-46(48)54-45(44-53-55(49,50)52-42-40-47)43-51-41-38-36-34-32-30-28-16-14-12-10-8-6-4-2/h45H,3-44,47H2,1-2H3,(H,49,50). The summed E-state index contributed by atoms with van der Waals surface area (Å²) in [7, 11) is -4.27. The normalized spacial score (nSPS) is 13.3. The van der Waals surface area contributed by atoms with Crippen LogP contribution in [0.1, 0.15) is 251 Å². The maximum absolute atomic E-state index is 12.6. The fraction of sp³-hybridized carbons (Fsp3) is 0.978. The van der Waals surface area contributed by atoms with Crippen LogP contribution in [-0.4, -0.2) is 49.9 Å². The zero-order valence-corrected chi connectivity index (χ0v) is 37.6. The molecule has 0 heterocycles. The molecule has 0 aromatic carbocycles. The van der Waals surface area contributed by atoms with Gasteiger partial charge in [0.25, 0.3) is 0 Å². The zero-order chi connectivity index (χ0) is 40.2. The summed E-state index contributed by atoms with van der Waals surface area (Å²) >= 11 is 0. The second-order valence-corrected chi connectivity index (χ2v) is 17.8. The molecule has 0 fully saturated rings. The molecule has 0 aliphatic carbocycles. The summed E-state index contributed by atoms with van der Waals surface area (Å²) in [6.45, 7) is 4.99. The molecular formula is C46H94NO7P. The van der Waals surface area contributed by atoms with Crippen LogP contribution in [0.2, 0.25) is 0 Å². The lowest BCUT2D eigenvalue weighted by atomic mass is 10.0. The van der Waals surface area contributed by atoms with E-state index in [4.69, 9.17) is 24.3 Å². The number of hydrogen-bond acceptors (Lipinski definition) is 7. The van der Waals surface area contributed by atoms with Gasteiger partial charge in [-0.1, -0.05) is 232 Å². The molecule has 3 N–H and O–H groups in total. The molecule has 0 spiro atoms. The summed E-state index contributed by atoms with van der Waals surface area (Å²) in [5, 5.41) is 0. The van der Waals surface area contributed by atoms with E-state index in [2.05, 4.69) is 13.8 Å². The molecule has 0 saturated heterocycles. The number of ether oxygens (including phenoxy) is 2. The number of unbranched alkanes of at least 4 members (excludes halogenated alkanes) is 34. The molecular weight excluding hydrogens is 709 g/mol. The molecule has 2 atom stereocenters. The molecule has 330 valence electrons. The fourth-order valence-electron chi connectivity index (χ4n) is 7.24. The van der Waals surface area contributed by atoms with Gasteiger partial charge in [0, 0.05) is 19.6 Å². The smallest absolute Gasteiger partial charge is 0.457 e. The molecule has 2 unspecified atom stereocenters. The Morgan fingerprint density at radius 3 is 1.15 bits per heavy atom. The van der Waals surface area contributed by atoms with Gasteiger partial charge in [-0.2, -0.15) is 0 Å². The van der Waals surface area contributed by atoms with Crippen LogP contribution >= 0.6 is 7.82 Å². The molecule has 0 amide bonds. The minimum Gasteiger partial charge on any atom is -0.457 e. The van der Waals surface area contributed by atoms with Crippen LogP contribution in [0.4, 0.5) is 0 Å². The van der Waals surface area contributed by atoms with Crippen LogP contribution < -0.4 is 5.73 Å². The SMILES string of the molecule is CCCCCCCCCCCCCCCCCCCCCCCCCC(=O)OC(COCCCCCCCCCCCCCCC)COP(=O)(O)OCCN. The fourth-order valence-corrected chi connectivity index (χ4v) is 8.00. The zero-order valence-electron chi connectivity index (χ0n) is 36.7. The Hall–Kier alpha value is -0.500. The van der Waals surface area contributed by atoms with Crippen molar-refractivity contribution in [3.63, 3.8) is 0 Å². The third kappa shape index (κ3) is 44.4. The van der Waals surface area contributed by atoms with Gasteiger partial charge < -0.3 is 20.1 Å².